The van der Waals surface area contributed by atoms with Crippen LogP contribution in [-0.2, 0) is 4.74 Å². The Labute approximate surface area is 110 Å². The largest absolute Gasteiger partial charge is 0.381 e. The van der Waals surface area contributed by atoms with E-state index in [1.165, 1.54) is 44.9 Å². The van der Waals surface area contributed by atoms with Crippen LogP contribution in [0.4, 0.5) is 0 Å². The third kappa shape index (κ3) is 1.91. The second-order valence-corrected chi connectivity index (χ2v) is 6.16. The summed E-state index contributed by atoms with van der Waals surface area (Å²) in [5, 5.41) is 0. The minimum atomic E-state index is 0.179. The minimum Gasteiger partial charge on any atom is -0.381 e. The first-order valence-electron chi connectivity index (χ1n) is 7.37. The SMILES string of the molecule is COC1CCCC2(CN=C(N)N2C2CCCC2)C1. The van der Waals surface area contributed by atoms with Gasteiger partial charge in [-0.05, 0) is 38.5 Å². The van der Waals surface area contributed by atoms with Crippen LogP contribution in [0.25, 0.3) is 0 Å². The van der Waals surface area contributed by atoms with Crippen LogP contribution in [0.15, 0.2) is 4.99 Å². The van der Waals surface area contributed by atoms with Crippen LogP contribution in [0.2, 0.25) is 0 Å². The van der Waals surface area contributed by atoms with E-state index in [0.717, 1.165) is 18.9 Å². The van der Waals surface area contributed by atoms with Crippen LogP contribution < -0.4 is 5.73 Å². The van der Waals surface area contributed by atoms with Crippen LogP contribution >= 0.6 is 0 Å². The van der Waals surface area contributed by atoms with Crippen LogP contribution in [0, 0.1) is 0 Å². The molecule has 3 aliphatic rings. The number of hydrogen-bond acceptors (Lipinski definition) is 4. The van der Waals surface area contributed by atoms with Crippen molar-refractivity contribution in [2.24, 2.45) is 10.7 Å². The first-order chi connectivity index (χ1) is 8.75. The third-order valence-electron chi connectivity index (χ3n) is 5.09. The molecule has 0 saturated heterocycles. The van der Waals surface area contributed by atoms with Crippen LogP contribution in [0.3, 0.4) is 0 Å². The van der Waals surface area contributed by atoms with Crippen molar-refractivity contribution >= 4 is 5.96 Å². The Hall–Kier alpha value is -0.770. The lowest BCUT2D eigenvalue weighted by atomic mass is 9.78. The topological polar surface area (TPSA) is 50.9 Å². The first kappa shape index (κ1) is 12.3. The maximum atomic E-state index is 6.19. The van der Waals surface area contributed by atoms with Gasteiger partial charge in [0, 0.05) is 13.2 Å². The van der Waals surface area contributed by atoms with E-state index >= 15 is 0 Å². The summed E-state index contributed by atoms with van der Waals surface area (Å²) in [5.74, 6) is 0.790. The molecule has 1 heterocycles. The summed E-state index contributed by atoms with van der Waals surface area (Å²) < 4.78 is 5.61. The highest BCUT2D eigenvalue weighted by atomic mass is 16.5. The average molecular weight is 251 g/mol. The van der Waals surface area contributed by atoms with Gasteiger partial charge in [0.05, 0.1) is 18.2 Å². The number of methoxy groups -OCH3 is 1. The summed E-state index contributed by atoms with van der Waals surface area (Å²) >= 11 is 0. The zero-order valence-electron chi connectivity index (χ0n) is 11.4. The van der Waals surface area contributed by atoms with Gasteiger partial charge in [-0.25, -0.2) is 0 Å². The second-order valence-electron chi connectivity index (χ2n) is 6.16. The molecule has 0 amide bonds. The van der Waals surface area contributed by atoms with Gasteiger partial charge in [-0.2, -0.15) is 0 Å². The fraction of sp³-hybridized carbons (Fsp3) is 0.929. The molecule has 1 aliphatic heterocycles. The van der Waals surface area contributed by atoms with Gasteiger partial charge in [-0.15, -0.1) is 0 Å². The minimum absolute atomic E-state index is 0.179. The Morgan fingerprint density at radius 1 is 1.28 bits per heavy atom. The van der Waals surface area contributed by atoms with Gasteiger partial charge in [0.15, 0.2) is 5.96 Å². The summed E-state index contributed by atoms with van der Waals surface area (Å²) in [6.45, 7) is 0.884. The van der Waals surface area contributed by atoms with Gasteiger partial charge >= 0.3 is 0 Å². The molecule has 0 bridgehead atoms. The molecule has 2 N–H and O–H groups in total. The molecule has 3 rings (SSSR count). The van der Waals surface area contributed by atoms with E-state index in [1.54, 1.807) is 0 Å². The number of rotatable bonds is 2. The summed E-state index contributed by atoms with van der Waals surface area (Å²) in [6, 6.07) is 0.631. The van der Waals surface area contributed by atoms with Crippen LogP contribution in [0.1, 0.15) is 51.4 Å². The van der Waals surface area contributed by atoms with Crippen molar-refractivity contribution in [2.75, 3.05) is 13.7 Å². The highest BCUT2D eigenvalue weighted by Gasteiger charge is 2.48. The van der Waals surface area contributed by atoms with E-state index in [4.69, 9.17) is 10.5 Å². The maximum absolute atomic E-state index is 6.19. The molecule has 0 aromatic rings. The smallest absolute Gasteiger partial charge is 0.192 e. The van der Waals surface area contributed by atoms with Gasteiger partial charge in [0.2, 0.25) is 0 Å². The van der Waals surface area contributed by atoms with E-state index in [0.29, 0.717) is 12.1 Å². The van der Waals surface area contributed by atoms with Gasteiger partial charge in [0.25, 0.3) is 0 Å². The molecule has 18 heavy (non-hydrogen) atoms. The normalized spacial score (nSPS) is 37.5. The van der Waals surface area contributed by atoms with Crippen molar-refractivity contribution in [3.63, 3.8) is 0 Å². The lowest BCUT2D eigenvalue weighted by molar-refractivity contribution is -0.00105. The molecule has 102 valence electrons. The number of hydrogen-bond donors (Lipinski definition) is 1. The van der Waals surface area contributed by atoms with E-state index in [9.17, 15) is 0 Å². The summed E-state index contributed by atoms with van der Waals surface area (Å²) in [6.07, 6.45) is 10.4. The highest BCUT2D eigenvalue weighted by molar-refractivity contribution is 5.81. The van der Waals surface area contributed by atoms with E-state index in [-0.39, 0.29) is 5.54 Å². The van der Waals surface area contributed by atoms with E-state index in [2.05, 4.69) is 9.89 Å². The van der Waals surface area contributed by atoms with Crippen molar-refractivity contribution in [1.29, 1.82) is 0 Å². The lowest BCUT2D eigenvalue weighted by Crippen LogP contribution is -2.58. The molecule has 1 spiro atoms. The fourth-order valence-corrected chi connectivity index (χ4v) is 4.21. The quantitative estimate of drug-likeness (QED) is 0.815. The Morgan fingerprint density at radius 2 is 2.06 bits per heavy atom. The van der Waals surface area contributed by atoms with Crippen LogP contribution in [0.5, 0.6) is 0 Å². The van der Waals surface area contributed by atoms with Crippen molar-refractivity contribution < 1.29 is 4.74 Å². The molecule has 0 radical (unpaired) electrons. The van der Waals surface area contributed by atoms with Crippen molar-refractivity contribution in [3.8, 4) is 0 Å². The van der Waals surface area contributed by atoms with Gasteiger partial charge in [-0.1, -0.05) is 12.8 Å². The maximum Gasteiger partial charge on any atom is 0.192 e. The molecular formula is C14H25N3O. The Bertz CT molecular complexity index is 338. The lowest BCUT2D eigenvalue weighted by Gasteiger charge is -2.47. The molecule has 2 atom stereocenters. The van der Waals surface area contributed by atoms with Gasteiger partial charge in [0.1, 0.15) is 0 Å². The summed E-state index contributed by atoms with van der Waals surface area (Å²) in [5.41, 5.74) is 6.36. The number of nitrogens with zero attached hydrogens (tertiary/aromatic N) is 2. The molecule has 2 unspecified atom stereocenters. The predicted molar refractivity (Wildman–Crippen MR) is 72.6 cm³/mol. The van der Waals surface area contributed by atoms with Crippen molar-refractivity contribution in [1.82, 2.24) is 4.90 Å². The molecule has 0 aromatic heterocycles. The number of guanidine groups is 1. The standard InChI is InChI=1S/C14H25N3O/c1-18-12-7-4-8-14(9-12)10-16-13(15)17(14)11-5-2-3-6-11/h11-12H,2-10H2,1H3,(H2,15,16). The van der Waals surface area contributed by atoms with Crippen molar-refractivity contribution in [3.05, 3.63) is 0 Å². The Kier molecular flexibility index (Phi) is 3.22. The fourth-order valence-electron chi connectivity index (χ4n) is 4.21. The van der Waals surface area contributed by atoms with Gasteiger partial charge < -0.3 is 15.4 Å². The number of aliphatic imine (C=N–C) groups is 1. The number of nitrogens with two attached hydrogens (primary N) is 1. The van der Waals surface area contributed by atoms with Crippen LogP contribution in [-0.4, -0.2) is 42.2 Å². The Balaban J connectivity index is 1.81. The molecule has 2 saturated carbocycles. The summed E-state index contributed by atoms with van der Waals surface area (Å²) in [4.78, 5) is 7.05. The number of ether oxygens (including phenoxy) is 1. The van der Waals surface area contributed by atoms with E-state index < -0.39 is 0 Å². The predicted octanol–water partition coefficient (Wildman–Crippen LogP) is 1.89. The molecule has 2 fully saturated rings. The first-order valence-corrected chi connectivity index (χ1v) is 7.37. The van der Waals surface area contributed by atoms with Gasteiger partial charge in [-0.3, -0.25) is 4.99 Å². The zero-order chi connectivity index (χ0) is 12.6. The van der Waals surface area contributed by atoms with Crippen molar-refractivity contribution in [2.45, 2.75) is 69.1 Å². The summed E-state index contributed by atoms with van der Waals surface area (Å²) in [7, 11) is 1.84. The third-order valence-corrected chi connectivity index (χ3v) is 5.09. The molecule has 4 nitrogen and oxygen atoms in total. The monoisotopic (exact) mass is 251 g/mol. The van der Waals surface area contributed by atoms with E-state index in [1.807, 2.05) is 7.11 Å². The molecule has 2 aliphatic carbocycles. The molecule has 0 aromatic carbocycles. The Morgan fingerprint density at radius 3 is 2.78 bits per heavy atom. The highest BCUT2D eigenvalue weighted by Crippen LogP contribution is 2.41. The molecule has 4 heteroatoms. The average Bonchev–Trinajstić information content (AvgIpc) is 2.99. The zero-order valence-corrected chi connectivity index (χ0v) is 11.4. The molecular weight excluding hydrogens is 226 g/mol. The second kappa shape index (κ2) is 4.72.